The molecule has 0 bridgehead atoms. The summed E-state index contributed by atoms with van der Waals surface area (Å²) >= 11 is 7.36. The number of rotatable bonds is 6. The molecular formula is C21H27ClN3O3S2+. The molecule has 1 saturated heterocycles. The van der Waals surface area contributed by atoms with Gasteiger partial charge in [0.2, 0.25) is 5.00 Å². The van der Waals surface area contributed by atoms with Crippen molar-refractivity contribution in [2.45, 2.75) is 25.7 Å². The molecule has 0 N–H and O–H groups in total. The highest BCUT2D eigenvalue weighted by Crippen LogP contribution is 2.32. The number of quaternary nitrogens is 1. The molecule has 0 saturated carbocycles. The smallest absolute Gasteiger partial charge is 0.320 e. The SMILES string of the molecule is C/N=c1\sc([N+]2(C(=O)CCS(=O)(=O)/C=C/c3ccc(Cl)cc3)CCCCC2)cn1C. The molecule has 1 aliphatic heterocycles. The second-order valence-electron chi connectivity index (χ2n) is 7.53. The molecule has 0 radical (unpaired) electrons. The molecule has 2 aromatic rings. The van der Waals surface area contributed by atoms with Crippen LogP contribution in [0, 0.1) is 0 Å². The summed E-state index contributed by atoms with van der Waals surface area (Å²) in [5, 5.41) is 2.72. The van der Waals surface area contributed by atoms with Crippen molar-refractivity contribution in [1.82, 2.24) is 9.05 Å². The number of carbonyl (C=O) groups is 1. The zero-order valence-corrected chi connectivity index (χ0v) is 19.6. The molecule has 2 heterocycles. The minimum Gasteiger partial charge on any atom is -0.321 e. The van der Waals surface area contributed by atoms with E-state index in [2.05, 4.69) is 4.99 Å². The van der Waals surface area contributed by atoms with E-state index in [-0.39, 0.29) is 22.6 Å². The Kier molecular flexibility index (Phi) is 7.34. The van der Waals surface area contributed by atoms with Gasteiger partial charge in [-0.25, -0.2) is 17.7 Å². The Labute approximate surface area is 186 Å². The van der Waals surface area contributed by atoms with Crippen LogP contribution in [0.4, 0.5) is 5.00 Å². The average molecular weight is 469 g/mol. The van der Waals surface area contributed by atoms with Crippen LogP contribution in [0.25, 0.3) is 6.08 Å². The molecule has 9 heteroatoms. The number of likely N-dealkylation sites (tertiary alicyclic amines) is 1. The van der Waals surface area contributed by atoms with E-state index in [0.29, 0.717) is 18.1 Å². The molecule has 6 nitrogen and oxygen atoms in total. The Morgan fingerprint density at radius 1 is 1.23 bits per heavy atom. The molecular weight excluding hydrogens is 442 g/mol. The lowest BCUT2D eigenvalue weighted by molar-refractivity contribution is -0.130. The van der Waals surface area contributed by atoms with E-state index in [9.17, 15) is 13.2 Å². The Morgan fingerprint density at radius 2 is 1.90 bits per heavy atom. The van der Waals surface area contributed by atoms with Gasteiger partial charge in [-0.2, -0.15) is 0 Å². The second kappa shape index (κ2) is 9.60. The molecule has 0 unspecified atom stereocenters. The summed E-state index contributed by atoms with van der Waals surface area (Å²) in [4.78, 5) is 18.4. The van der Waals surface area contributed by atoms with E-state index in [1.165, 1.54) is 22.8 Å². The Hall–Kier alpha value is -1.74. The summed E-state index contributed by atoms with van der Waals surface area (Å²) in [6, 6.07) is 6.92. The van der Waals surface area contributed by atoms with Crippen molar-refractivity contribution in [1.29, 1.82) is 0 Å². The fourth-order valence-corrected chi connectivity index (χ4v) is 5.96. The van der Waals surface area contributed by atoms with Crippen LogP contribution in [0.2, 0.25) is 5.02 Å². The number of aryl methyl sites for hydroxylation is 1. The maximum Gasteiger partial charge on any atom is 0.320 e. The minimum absolute atomic E-state index is 0.00644. The first-order valence-electron chi connectivity index (χ1n) is 9.92. The number of carbonyl (C=O) groups excluding carboxylic acids is 1. The fraction of sp³-hybridized carbons (Fsp3) is 0.429. The first kappa shape index (κ1) is 22.9. The zero-order chi connectivity index (χ0) is 21.8. The van der Waals surface area contributed by atoms with Gasteiger partial charge in [-0.1, -0.05) is 23.7 Å². The normalized spacial score (nSPS) is 17.5. The van der Waals surface area contributed by atoms with E-state index >= 15 is 0 Å². The van der Waals surface area contributed by atoms with Crippen molar-refractivity contribution in [2.24, 2.45) is 12.0 Å². The molecule has 30 heavy (non-hydrogen) atoms. The van der Waals surface area contributed by atoms with Crippen LogP contribution in [0.15, 0.2) is 40.9 Å². The first-order chi connectivity index (χ1) is 14.3. The summed E-state index contributed by atoms with van der Waals surface area (Å²) in [6.07, 6.45) is 6.50. The maximum absolute atomic E-state index is 13.3. The van der Waals surface area contributed by atoms with Gasteiger partial charge in [0.1, 0.15) is 0 Å². The van der Waals surface area contributed by atoms with Crippen LogP contribution in [0.3, 0.4) is 0 Å². The molecule has 0 aliphatic carbocycles. The van der Waals surface area contributed by atoms with Gasteiger partial charge in [-0.15, -0.1) is 0 Å². The number of piperidine rings is 1. The Morgan fingerprint density at radius 3 is 2.50 bits per heavy atom. The summed E-state index contributed by atoms with van der Waals surface area (Å²) in [7, 11) is 0.145. The van der Waals surface area contributed by atoms with Gasteiger partial charge in [0.05, 0.1) is 31.5 Å². The van der Waals surface area contributed by atoms with Gasteiger partial charge in [0.15, 0.2) is 14.6 Å². The van der Waals surface area contributed by atoms with Crippen molar-refractivity contribution in [3.8, 4) is 0 Å². The standard InChI is InChI=1S/C21H27ClN3O3S2/c1-23-21-24(2)16-20(29-21)25(12-4-3-5-13-25)19(26)11-15-30(27,28)14-10-17-6-8-18(22)9-7-17/h6-10,14,16H,3-5,11-13,15H2,1-2H3/q+1/b14-10+,23-21-. The molecule has 3 rings (SSSR count). The highest BCUT2D eigenvalue weighted by atomic mass is 35.5. The summed E-state index contributed by atoms with van der Waals surface area (Å²) in [5.74, 6) is -0.235. The van der Waals surface area contributed by atoms with Crippen molar-refractivity contribution in [3.05, 3.63) is 51.3 Å². The van der Waals surface area contributed by atoms with Crippen LogP contribution in [-0.2, 0) is 21.7 Å². The van der Waals surface area contributed by atoms with Crippen molar-refractivity contribution < 1.29 is 13.2 Å². The molecule has 1 amide bonds. The number of hydrogen-bond donors (Lipinski definition) is 0. The summed E-state index contributed by atoms with van der Waals surface area (Å²) < 4.78 is 27.2. The number of amides is 1. The van der Waals surface area contributed by atoms with Gasteiger partial charge in [0.25, 0.3) is 0 Å². The largest absolute Gasteiger partial charge is 0.321 e. The van der Waals surface area contributed by atoms with Gasteiger partial charge in [-0.3, -0.25) is 4.99 Å². The number of nitrogens with zero attached hydrogens (tertiary/aromatic N) is 3. The van der Waals surface area contributed by atoms with E-state index < -0.39 is 9.84 Å². The van der Waals surface area contributed by atoms with E-state index in [1.54, 1.807) is 31.3 Å². The highest BCUT2D eigenvalue weighted by molar-refractivity contribution is 7.94. The lowest BCUT2D eigenvalue weighted by Gasteiger charge is -2.36. The molecule has 0 atom stereocenters. The number of halogens is 1. The lowest BCUT2D eigenvalue weighted by Crippen LogP contribution is -2.57. The molecule has 1 fully saturated rings. The molecule has 1 aromatic heterocycles. The third-order valence-electron chi connectivity index (χ3n) is 5.41. The topological polar surface area (TPSA) is 68.5 Å². The van der Waals surface area contributed by atoms with Gasteiger partial charge >= 0.3 is 5.91 Å². The number of sulfone groups is 1. The van der Waals surface area contributed by atoms with E-state index in [0.717, 1.165) is 34.6 Å². The minimum atomic E-state index is -3.50. The van der Waals surface area contributed by atoms with Crippen molar-refractivity contribution in [2.75, 3.05) is 25.9 Å². The van der Waals surface area contributed by atoms with Crippen LogP contribution in [-0.4, -0.2) is 44.8 Å². The molecule has 1 aliphatic rings. The van der Waals surface area contributed by atoms with Gasteiger partial charge in [0, 0.05) is 24.5 Å². The monoisotopic (exact) mass is 468 g/mol. The number of benzene rings is 1. The van der Waals surface area contributed by atoms with Crippen LogP contribution in [0.1, 0.15) is 31.2 Å². The Bertz CT molecular complexity index is 1090. The van der Waals surface area contributed by atoms with Crippen LogP contribution in [0.5, 0.6) is 0 Å². The summed E-state index contributed by atoms with van der Waals surface area (Å²) in [6.45, 7) is 1.42. The van der Waals surface area contributed by atoms with Crippen molar-refractivity contribution in [3.63, 3.8) is 0 Å². The molecule has 1 aromatic carbocycles. The fourth-order valence-electron chi connectivity index (χ4n) is 3.73. The van der Waals surface area contributed by atoms with Gasteiger partial charge in [-0.05, 0) is 54.4 Å². The highest BCUT2D eigenvalue weighted by Gasteiger charge is 2.42. The maximum atomic E-state index is 13.3. The van der Waals surface area contributed by atoms with Gasteiger partial charge < -0.3 is 4.57 Å². The second-order valence-corrected chi connectivity index (χ2v) is 11.0. The quantitative estimate of drug-likeness (QED) is 0.606. The van der Waals surface area contributed by atoms with E-state index in [4.69, 9.17) is 11.6 Å². The summed E-state index contributed by atoms with van der Waals surface area (Å²) in [5.41, 5.74) is 0.746. The molecule has 0 spiro atoms. The predicted octanol–water partition coefficient (Wildman–Crippen LogP) is 3.76. The predicted molar refractivity (Wildman–Crippen MR) is 124 cm³/mol. The third kappa shape index (κ3) is 5.29. The number of aromatic nitrogens is 1. The zero-order valence-electron chi connectivity index (χ0n) is 17.3. The average Bonchev–Trinajstić information content (AvgIpc) is 3.13. The Balaban J connectivity index is 1.76. The third-order valence-corrected chi connectivity index (χ3v) is 8.30. The number of hydrogen-bond acceptors (Lipinski definition) is 5. The van der Waals surface area contributed by atoms with Crippen LogP contribution >= 0.6 is 22.9 Å². The number of thiazole rings is 1. The lowest BCUT2D eigenvalue weighted by atomic mass is 10.1. The van der Waals surface area contributed by atoms with Crippen molar-refractivity contribution >= 4 is 49.8 Å². The molecule has 162 valence electrons. The first-order valence-corrected chi connectivity index (χ1v) is 12.8. The van der Waals surface area contributed by atoms with E-state index in [1.807, 2.05) is 17.8 Å². The van der Waals surface area contributed by atoms with Crippen LogP contribution < -0.4 is 9.28 Å².